The first-order valence-corrected chi connectivity index (χ1v) is 17.1. The number of nitrogens with two attached hydrogens (primary N) is 1. The molecule has 0 aliphatic rings. The quantitative estimate of drug-likeness (QED) is 0.162. The average molecular weight is 663 g/mol. The van der Waals surface area contributed by atoms with Crippen molar-refractivity contribution in [3.05, 3.63) is 101 Å². The Morgan fingerprint density at radius 3 is 2.39 bits per heavy atom. The minimum absolute atomic E-state index is 0.0129. The molecule has 10 nitrogen and oxygen atoms in total. The van der Waals surface area contributed by atoms with Crippen LogP contribution in [0.15, 0.2) is 67.0 Å². The maximum absolute atomic E-state index is 13.7. The summed E-state index contributed by atoms with van der Waals surface area (Å²) in [5.41, 5.74) is 9.26. The Morgan fingerprint density at radius 2 is 1.72 bits per heavy atom. The summed E-state index contributed by atoms with van der Waals surface area (Å²) in [7, 11) is -3.60. The Labute approximate surface area is 269 Å². The number of aliphatic hydroxyl groups is 1. The molecule has 0 fully saturated rings. The number of aryl methyl sites for hydroxylation is 1. The summed E-state index contributed by atoms with van der Waals surface area (Å²) in [4.78, 5) is 18.3. The van der Waals surface area contributed by atoms with Gasteiger partial charge in [-0.05, 0) is 65.8 Å². The van der Waals surface area contributed by atoms with Gasteiger partial charge < -0.3 is 20.3 Å². The Morgan fingerprint density at radius 1 is 1.02 bits per heavy atom. The highest BCUT2D eigenvalue weighted by molar-refractivity contribution is 7.91. The maximum atomic E-state index is 13.7. The molecule has 4 N–H and O–H groups in total. The Kier molecular flexibility index (Phi) is 15.0. The second-order valence-corrected chi connectivity index (χ2v) is 13.5. The van der Waals surface area contributed by atoms with E-state index in [9.17, 15) is 27.1 Å². The number of hydrogen-bond acceptors (Lipinski definition) is 9. The van der Waals surface area contributed by atoms with Crippen LogP contribution < -0.4 is 11.1 Å². The van der Waals surface area contributed by atoms with Gasteiger partial charge in [-0.2, -0.15) is 0 Å². The highest BCUT2D eigenvalue weighted by Gasteiger charge is 2.25. The van der Waals surface area contributed by atoms with E-state index in [1.54, 1.807) is 29.4 Å². The number of nitrogens with one attached hydrogen (secondary N) is 1. The largest absolute Gasteiger partial charge is 0.445 e. The van der Waals surface area contributed by atoms with Crippen molar-refractivity contribution in [2.75, 3.05) is 24.8 Å². The predicted molar refractivity (Wildman–Crippen MR) is 171 cm³/mol. The number of hydrogen-bond donors (Lipinski definition) is 3. The molecule has 0 saturated carbocycles. The van der Waals surface area contributed by atoms with Crippen LogP contribution in [0.1, 0.15) is 48.9 Å². The van der Waals surface area contributed by atoms with Crippen molar-refractivity contribution in [1.82, 2.24) is 15.2 Å². The van der Waals surface area contributed by atoms with Crippen molar-refractivity contribution >= 4 is 15.9 Å². The van der Waals surface area contributed by atoms with E-state index in [4.69, 9.17) is 15.2 Å². The van der Waals surface area contributed by atoms with Crippen molar-refractivity contribution in [2.24, 2.45) is 5.73 Å². The topological polar surface area (TPSA) is 144 Å². The summed E-state index contributed by atoms with van der Waals surface area (Å²) in [6, 6.07) is 13.4. The molecule has 1 heterocycles. The molecule has 0 aliphatic carbocycles. The Balaban J connectivity index is 1.75. The van der Waals surface area contributed by atoms with Crippen LogP contribution >= 0.6 is 0 Å². The van der Waals surface area contributed by atoms with Crippen molar-refractivity contribution in [2.45, 2.75) is 71.1 Å². The molecule has 3 aromatic rings. The molecule has 0 unspecified atom stereocenters. The standard InChI is InChI=1S/C33H44F2N4O6S/c1-3-5-13-46(42,43)22-32(38-33(41)44-21-25-9-11-37-12-10-25)45-23-39(19-26-8-6-7-24(4-2)14-26)20-31(40)30(36)17-27-15-28(34)18-29(35)16-27/h6-12,14-16,18,30-32,40H,3-5,13,17,19-23,36H2,1-2H3,(H,38,41)/t30-,31+,32-/m0/s1. The maximum Gasteiger partial charge on any atom is 0.409 e. The lowest BCUT2D eigenvalue weighted by Gasteiger charge is -2.30. The fourth-order valence-electron chi connectivity index (χ4n) is 4.71. The van der Waals surface area contributed by atoms with Gasteiger partial charge in [0.2, 0.25) is 0 Å². The lowest BCUT2D eigenvalue weighted by atomic mass is 10.0. The molecule has 46 heavy (non-hydrogen) atoms. The van der Waals surface area contributed by atoms with Gasteiger partial charge in [-0.25, -0.2) is 22.0 Å². The van der Waals surface area contributed by atoms with Gasteiger partial charge in [0.25, 0.3) is 0 Å². The zero-order valence-corrected chi connectivity index (χ0v) is 27.1. The number of aromatic nitrogens is 1. The molecule has 0 spiro atoms. The smallest absolute Gasteiger partial charge is 0.409 e. The van der Waals surface area contributed by atoms with E-state index in [0.29, 0.717) is 30.5 Å². The van der Waals surface area contributed by atoms with Gasteiger partial charge in [0.1, 0.15) is 31.2 Å². The molecule has 3 atom stereocenters. The van der Waals surface area contributed by atoms with Crippen LogP contribution in [0.4, 0.5) is 13.6 Å². The number of alkyl carbamates (subject to hydrolysis) is 1. The molecule has 0 aliphatic heterocycles. The van der Waals surface area contributed by atoms with Crippen molar-refractivity contribution in [3.8, 4) is 0 Å². The van der Waals surface area contributed by atoms with Crippen LogP contribution in [-0.2, 0) is 45.3 Å². The molecule has 0 bridgehead atoms. The first-order chi connectivity index (χ1) is 22.0. The number of halogens is 2. The number of benzene rings is 2. The monoisotopic (exact) mass is 662 g/mol. The van der Waals surface area contributed by atoms with E-state index in [-0.39, 0.29) is 32.1 Å². The molecule has 1 amide bonds. The van der Waals surface area contributed by atoms with Gasteiger partial charge in [-0.3, -0.25) is 15.2 Å². The third-order valence-electron chi connectivity index (χ3n) is 7.21. The Bertz CT molecular complexity index is 1460. The second kappa shape index (κ2) is 18.6. The SMILES string of the molecule is CCCCS(=O)(=O)C[C@@H](NC(=O)OCc1ccncc1)OCN(Cc1cccc(CC)c1)C[C@@H](O)[C@@H](N)Cc1cc(F)cc(F)c1. The van der Waals surface area contributed by atoms with Crippen molar-refractivity contribution < 1.29 is 36.6 Å². The van der Waals surface area contributed by atoms with E-state index in [1.807, 2.05) is 38.1 Å². The van der Waals surface area contributed by atoms with E-state index in [2.05, 4.69) is 10.3 Å². The normalized spacial score (nSPS) is 13.7. The van der Waals surface area contributed by atoms with Gasteiger partial charge in [-0.1, -0.05) is 44.5 Å². The lowest BCUT2D eigenvalue weighted by Crippen LogP contribution is -2.48. The number of carbonyl (C=O) groups excluding carboxylic acids is 1. The van der Waals surface area contributed by atoms with Gasteiger partial charge in [0.15, 0.2) is 9.84 Å². The van der Waals surface area contributed by atoms with Crippen LogP contribution in [0.25, 0.3) is 0 Å². The minimum Gasteiger partial charge on any atom is -0.445 e. The first kappa shape index (κ1) is 37.0. The van der Waals surface area contributed by atoms with Crippen LogP contribution in [0, 0.1) is 11.6 Å². The molecule has 0 radical (unpaired) electrons. The number of amides is 1. The number of rotatable bonds is 19. The summed E-state index contributed by atoms with van der Waals surface area (Å²) in [5, 5.41) is 13.6. The number of ether oxygens (including phenoxy) is 2. The van der Waals surface area contributed by atoms with Crippen LogP contribution in [0.2, 0.25) is 0 Å². The second-order valence-electron chi connectivity index (χ2n) is 11.2. The van der Waals surface area contributed by atoms with Gasteiger partial charge in [-0.15, -0.1) is 0 Å². The van der Waals surface area contributed by atoms with E-state index >= 15 is 0 Å². The fraction of sp³-hybridized carbons (Fsp3) is 0.455. The predicted octanol–water partition coefficient (Wildman–Crippen LogP) is 4.10. The van der Waals surface area contributed by atoms with Crippen molar-refractivity contribution in [1.29, 1.82) is 0 Å². The summed E-state index contributed by atoms with van der Waals surface area (Å²) in [6.45, 7) is 3.95. The third-order valence-corrected chi connectivity index (χ3v) is 8.93. The molecular formula is C33H44F2N4O6S. The lowest BCUT2D eigenvalue weighted by molar-refractivity contribution is -0.0458. The molecule has 252 valence electrons. The summed E-state index contributed by atoms with van der Waals surface area (Å²) in [6.07, 6.45) is 1.82. The number of sulfone groups is 1. The zero-order valence-electron chi connectivity index (χ0n) is 26.3. The molecule has 13 heteroatoms. The molecular weight excluding hydrogens is 618 g/mol. The summed E-state index contributed by atoms with van der Waals surface area (Å²) >= 11 is 0. The van der Waals surface area contributed by atoms with Crippen molar-refractivity contribution in [3.63, 3.8) is 0 Å². The zero-order chi connectivity index (χ0) is 33.5. The van der Waals surface area contributed by atoms with Gasteiger partial charge in [0, 0.05) is 37.6 Å². The Hall–Kier alpha value is -3.49. The third kappa shape index (κ3) is 13.5. The van der Waals surface area contributed by atoms with E-state index in [1.165, 1.54) is 0 Å². The van der Waals surface area contributed by atoms with Gasteiger partial charge >= 0.3 is 6.09 Å². The number of unbranched alkanes of at least 4 members (excludes halogenated alkanes) is 1. The summed E-state index contributed by atoms with van der Waals surface area (Å²) in [5.74, 6) is -2.04. The molecule has 0 saturated heterocycles. The highest BCUT2D eigenvalue weighted by atomic mass is 32.2. The number of pyridine rings is 1. The highest BCUT2D eigenvalue weighted by Crippen LogP contribution is 2.14. The summed E-state index contributed by atoms with van der Waals surface area (Å²) < 4.78 is 64.4. The fourth-order valence-corrected chi connectivity index (χ4v) is 6.25. The van der Waals surface area contributed by atoms with E-state index < -0.39 is 51.7 Å². The molecule has 1 aromatic heterocycles. The molecule has 2 aromatic carbocycles. The molecule has 3 rings (SSSR count). The first-order valence-electron chi connectivity index (χ1n) is 15.3. The number of aliphatic hydroxyl groups excluding tert-OH is 1. The number of nitrogens with zero attached hydrogens (tertiary/aromatic N) is 2. The van der Waals surface area contributed by atoms with Gasteiger partial charge in [0.05, 0.1) is 17.6 Å². The minimum atomic E-state index is -3.60. The van der Waals surface area contributed by atoms with Crippen LogP contribution in [0.3, 0.4) is 0 Å². The van der Waals surface area contributed by atoms with E-state index in [0.717, 1.165) is 35.7 Å². The number of carbonyl (C=O) groups is 1. The van der Waals surface area contributed by atoms with Crippen LogP contribution in [-0.4, -0.2) is 72.7 Å². The average Bonchev–Trinajstić information content (AvgIpc) is 3.01. The van der Waals surface area contributed by atoms with Crippen LogP contribution in [0.5, 0.6) is 0 Å².